The largest absolute Gasteiger partial charge is 0.366 e. The number of nitrogens with one attached hydrogen (secondary N) is 1. The predicted octanol–water partition coefficient (Wildman–Crippen LogP) is -0.848. The Morgan fingerprint density at radius 2 is 1.83 bits per heavy atom. The van der Waals surface area contributed by atoms with Crippen molar-refractivity contribution in [1.82, 2.24) is 5.32 Å². The molecule has 3 unspecified atom stereocenters. The smallest absolute Gasteiger partial charge is 0.193 e. The van der Waals surface area contributed by atoms with Gasteiger partial charge in [0.05, 0.1) is 0 Å². The fourth-order valence-corrected chi connectivity index (χ4v) is 1.84. The second-order valence-electron chi connectivity index (χ2n) is 4.67. The van der Waals surface area contributed by atoms with Crippen LogP contribution in [0.1, 0.15) is 13.8 Å². The van der Waals surface area contributed by atoms with Crippen molar-refractivity contribution in [1.29, 1.82) is 0 Å². The van der Waals surface area contributed by atoms with Crippen molar-refractivity contribution in [3.63, 3.8) is 0 Å². The van der Waals surface area contributed by atoms with Crippen molar-refractivity contribution in [2.24, 2.45) is 11.8 Å². The molecule has 1 N–H and O–H groups in total. The van der Waals surface area contributed by atoms with Gasteiger partial charge in [-0.3, -0.25) is 14.4 Å². The van der Waals surface area contributed by atoms with E-state index in [4.69, 9.17) is 4.74 Å². The van der Waals surface area contributed by atoms with Crippen LogP contribution in [-0.4, -0.2) is 49.4 Å². The third-order valence-corrected chi connectivity index (χ3v) is 2.80. The molecule has 1 rings (SSSR count). The molecule has 18 heavy (non-hydrogen) atoms. The molecule has 0 aromatic rings. The van der Waals surface area contributed by atoms with Crippen molar-refractivity contribution < 1.29 is 23.9 Å². The summed E-state index contributed by atoms with van der Waals surface area (Å²) in [4.78, 5) is 46.2. The molecular weight excluding hydrogens is 238 g/mol. The van der Waals surface area contributed by atoms with Crippen molar-refractivity contribution >= 4 is 23.6 Å². The molecule has 0 amide bonds. The topological polar surface area (TPSA) is 89.5 Å². The molecule has 6 nitrogen and oxygen atoms in total. The first kappa shape index (κ1) is 14.7. The number of carbonyl (C=O) groups excluding carboxylic acids is 4. The Balaban J connectivity index is 2.94. The zero-order valence-electron chi connectivity index (χ0n) is 10.6. The van der Waals surface area contributed by atoms with Gasteiger partial charge in [-0.15, -0.1) is 0 Å². The number of hydrogen-bond donors (Lipinski definition) is 1. The minimum Gasteiger partial charge on any atom is -0.366 e. The van der Waals surface area contributed by atoms with Crippen molar-refractivity contribution in [2.75, 3.05) is 13.7 Å². The van der Waals surface area contributed by atoms with Gasteiger partial charge in [0.1, 0.15) is 18.2 Å². The first-order chi connectivity index (χ1) is 8.43. The number of hydrogen-bond acceptors (Lipinski definition) is 6. The number of Topliss-reactive ketones (excluding diaryl/α,β-unsaturated/α-hetero) is 3. The van der Waals surface area contributed by atoms with E-state index in [1.165, 1.54) is 7.11 Å². The molecule has 0 radical (unpaired) electrons. The number of carbonyl (C=O) groups is 4. The maximum Gasteiger partial charge on any atom is 0.193 e. The molecular formula is C12H17NO5. The number of rotatable bonds is 5. The Morgan fingerprint density at radius 3 is 2.28 bits per heavy atom. The predicted molar refractivity (Wildman–Crippen MR) is 62.0 cm³/mol. The normalized spacial score (nSPS) is 28.9. The molecule has 0 heterocycles. The van der Waals surface area contributed by atoms with E-state index in [9.17, 15) is 19.2 Å². The number of ether oxygens (including phenoxy) is 1. The molecule has 0 saturated heterocycles. The standard InChI is InChI=1S/C12H17NO5/c1-6(2)4-13-8-9(15)7(5-14)10(16)12(18-3)11(8)17/h5-8,12-13H,4H2,1-3H3. The molecule has 0 aliphatic heterocycles. The quantitative estimate of drug-likeness (QED) is 0.508. The lowest BCUT2D eigenvalue weighted by Gasteiger charge is -2.29. The van der Waals surface area contributed by atoms with E-state index in [1.807, 2.05) is 13.8 Å². The van der Waals surface area contributed by atoms with Crippen LogP contribution in [0.2, 0.25) is 0 Å². The van der Waals surface area contributed by atoms with Gasteiger partial charge in [-0.2, -0.15) is 0 Å². The van der Waals surface area contributed by atoms with Crippen LogP contribution < -0.4 is 5.32 Å². The van der Waals surface area contributed by atoms with Crippen molar-refractivity contribution in [3.05, 3.63) is 0 Å². The molecule has 1 aliphatic carbocycles. The molecule has 1 saturated carbocycles. The SMILES string of the molecule is COC1C(=O)C(C=O)C(=O)C(NCC(C)C)C1=O. The van der Waals surface area contributed by atoms with Crippen LogP contribution in [-0.2, 0) is 23.9 Å². The van der Waals surface area contributed by atoms with Crippen molar-refractivity contribution in [2.45, 2.75) is 26.0 Å². The average molecular weight is 255 g/mol. The van der Waals surface area contributed by atoms with Crippen LogP contribution in [0.25, 0.3) is 0 Å². The Bertz CT molecular complexity index is 377. The highest BCUT2D eigenvalue weighted by atomic mass is 16.5. The maximum atomic E-state index is 11.9. The number of methoxy groups -OCH3 is 1. The zero-order chi connectivity index (χ0) is 13.9. The Kier molecular flexibility index (Phi) is 4.86. The summed E-state index contributed by atoms with van der Waals surface area (Å²) in [5, 5.41) is 2.78. The highest BCUT2D eigenvalue weighted by molar-refractivity contribution is 6.32. The fourth-order valence-electron chi connectivity index (χ4n) is 1.84. The van der Waals surface area contributed by atoms with Gasteiger partial charge in [0.25, 0.3) is 0 Å². The Hall–Kier alpha value is -1.40. The second kappa shape index (κ2) is 5.97. The highest BCUT2D eigenvalue weighted by Gasteiger charge is 2.49. The lowest BCUT2D eigenvalue weighted by Crippen LogP contribution is -2.60. The van der Waals surface area contributed by atoms with Gasteiger partial charge in [-0.25, -0.2) is 0 Å². The van der Waals surface area contributed by atoms with Crippen LogP contribution >= 0.6 is 0 Å². The summed E-state index contributed by atoms with van der Waals surface area (Å²) < 4.78 is 4.78. The van der Waals surface area contributed by atoms with E-state index in [0.717, 1.165) is 0 Å². The summed E-state index contributed by atoms with van der Waals surface area (Å²) >= 11 is 0. The zero-order valence-corrected chi connectivity index (χ0v) is 10.6. The average Bonchev–Trinajstić information content (AvgIpc) is 2.29. The molecule has 100 valence electrons. The van der Waals surface area contributed by atoms with Crippen LogP contribution in [0.4, 0.5) is 0 Å². The van der Waals surface area contributed by atoms with Crippen LogP contribution in [0.3, 0.4) is 0 Å². The minimum absolute atomic E-state index is 0.235. The summed E-state index contributed by atoms with van der Waals surface area (Å²) in [6, 6.07) is -1.13. The molecule has 3 atom stereocenters. The summed E-state index contributed by atoms with van der Waals surface area (Å²) in [6.07, 6.45) is -1.06. The first-order valence-corrected chi connectivity index (χ1v) is 5.76. The van der Waals surface area contributed by atoms with E-state index in [2.05, 4.69) is 5.32 Å². The van der Waals surface area contributed by atoms with E-state index >= 15 is 0 Å². The molecule has 0 aromatic carbocycles. The summed E-state index contributed by atoms with van der Waals surface area (Å²) in [5.41, 5.74) is 0. The van der Waals surface area contributed by atoms with E-state index < -0.39 is 35.4 Å². The first-order valence-electron chi connectivity index (χ1n) is 5.76. The van der Waals surface area contributed by atoms with Gasteiger partial charge in [0.2, 0.25) is 0 Å². The molecule has 6 heteroatoms. The minimum atomic E-state index is -1.41. The Labute approximate surface area is 105 Å². The Morgan fingerprint density at radius 1 is 1.22 bits per heavy atom. The van der Waals surface area contributed by atoms with Gasteiger partial charge >= 0.3 is 0 Å². The highest BCUT2D eigenvalue weighted by Crippen LogP contribution is 2.17. The van der Waals surface area contributed by atoms with Gasteiger partial charge in [0.15, 0.2) is 23.5 Å². The lowest BCUT2D eigenvalue weighted by molar-refractivity contribution is -0.154. The number of ketones is 3. The van der Waals surface area contributed by atoms with Gasteiger partial charge in [-0.05, 0) is 12.5 Å². The summed E-state index contributed by atoms with van der Waals surface area (Å²) in [7, 11) is 1.21. The van der Waals surface area contributed by atoms with Gasteiger partial charge < -0.3 is 14.8 Å². The van der Waals surface area contributed by atoms with Crippen LogP contribution in [0.5, 0.6) is 0 Å². The lowest BCUT2D eigenvalue weighted by atomic mass is 9.81. The van der Waals surface area contributed by atoms with Gasteiger partial charge in [-0.1, -0.05) is 13.8 Å². The van der Waals surface area contributed by atoms with E-state index in [0.29, 0.717) is 6.54 Å². The molecule has 1 aliphatic rings. The third kappa shape index (κ3) is 2.70. The second-order valence-corrected chi connectivity index (χ2v) is 4.67. The van der Waals surface area contributed by atoms with E-state index in [-0.39, 0.29) is 12.2 Å². The third-order valence-electron chi connectivity index (χ3n) is 2.80. The van der Waals surface area contributed by atoms with E-state index in [1.54, 1.807) is 0 Å². The molecule has 0 spiro atoms. The van der Waals surface area contributed by atoms with Crippen LogP contribution in [0, 0.1) is 11.8 Å². The fraction of sp³-hybridized carbons (Fsp3) is 0.667. The number of aldehydes is 1. The summed E-state index contributed by atoms with van der Waals surface area (Å²) in [5.74, 6) is -3.25. The molecule has 0 aromatic heterocycles. The van der Waals surface area contributed by atoms with Crippen LogP contribution in [0.15, 0.2) is 0 Å². The monoisotopic (exact) mass is 255 g/mol. The summed E-state index contributed by atoms with van der Waals surface area (Å²) in [6.45, 7) is 4.28. The van der Waals surface area contributed by atoms with Crippen molar-refractivity contribution in [3.8, 4) is 0 Å². The maximum absolute atomic E-state index is 11.9. The van der Waals surface area contributed by atoms with Gasteiger partial charge in [0, 0.05) is 7.11 Å². The molecule has 1 fully saturated rings. The molecule has 0 bridgehead atoms.